The Bertz CT molecular complexity index is 1360. The van der Waals surface area contributed by atoms with Gasteiger partial charge in [-0.3, -0.25) is 10.1 Å². The van der Waals surface area contributed by atoms with Crippen molar-refractivity contribution in [1.82, 2.24) is 0 Å². The summed E-state index contributed by atoms with van der Waals surface area (Å²) in [6.45, 7) is 0. The molecule has 156 valence electrons. The molecule has 0 aliphatic carbocycles. The first-order valence-corrected chi connectivity index (χ1v) is 9.27. The fourth-order valence-electron chi connectivity index (χ4n) is 3.19. The Labute approximate surface area is 176 Å². The average molecular weight is 418 g/mol. The summed E-state index contributed by atoms with van der Waals surface area (Å²) in [5.41, 5.74) is 1.33. The molecule has 0 fully saturated rings. The molecular weight excluding hydrogens is 400 g/mol. The molecular formula is C23H18N2O6. The van der Waals surface area contributed by atoms with E-state index in [0.29, 0.717) is 28.2 Å². The number of para-hydroxylation sites is 1. The molecule has 31 heavy (non-hydrogen) atoms. The standard InChI is InChI=1S/C23H18N2O6/c1-29-21-10-7-14(11-23(21)30-2)22-13-18(16-5-3-4-6-20(16)31-22)24-17-9-8-15(25(27)28)12-19(17)26/h3-13,26H,1-2H3. The van der Waals surface area contributed by atoms with Crippen LogP contribution in [0, 0.1) is 10.1 Å². The van der Waals surface area contributed by atoms with Crippen molar-refractivity contribution < 1.29 is 23.9 Å². The predicted octanol–water partition coefficient (Wildman–Crippen LogP) is 4.96. The average Bonchev–Trinajstić information content (AvgIpc) is 2.79. The number of non-ortho nitro benzene ring substituents is 1. The van der Waals surface area contributed by atoms with Gasteiger partial charge in [-0.25, -0.2) is 4.99 Å². The van der Waals surface area contributed by atoms with Crippen LogP contribution in [0.5, 0.6) is 17.2 Å². The number of ether oxygens (including phenoxy) is 2. The lowest BCUT2D eigenvalue weighted by Crippen LogP contribution is -2.03. The molecule has 1 heterocycles. The van der Waals surface area contributed by atoms with Crippen molar-refractivity contribution in [3.8, 4) is 28.6 Å². The van der Waals surface area contributed by atoms with Crippen LogP contribution in [0.3, 0.4) is 0 Å². The van der Waals surface area contributed by atoms with E-state index in [0.717, 1.165) is 17.0 Å². The van der Waals surface area contributed by atoms with Gasteiger partial charge in [0.25, 0.3) is 5.69 Å². The molecule has 0 atom stereocenters. The largest absolute Gasteiger partial charge is 0.505 e. The Balaban J connectivity index is 1.92. The fourth-order valence-corrected chi connectivity index (χ4v) is 3.19. The van der Waals surface area contributed by atoms with Gasteiger partial charge in [0.1, 0.15) is 22.8 Å². The van der Waals surface area contributed by atoms with Gasteiger partial charge in [-0.2, -0.15) is 0 Å². The zero-order valence-corrected chi connectivity index (χ0v) is 16.7. The Morgan fingerprint density at radius 1 is 0.968 bits per heavy atom. The van der Waals surface area contributed by atoms with Crippen molar-refractivity contribution in [2.75, 3.05) is 14.2 Å². The number of rotatable bonds is 5. The van der Waals surface area contributed by atoms with Crippen LogP contribution in [0.15, 0.2) is 76.1 Å². The molecule has 0 radical (unpaired) electrons. The topological polar surface area (TPSA) is 107 Å². The summed E-state index contributed by atoms with van der Waals surface area (Å²) < 4.78 is 16.7. The lowest BCUT2D eigenvalue weighted by Gasteiger charge is -2.10. The van der Waals surface area contributed by atoms with E-state index < -0.39 is 4.92 Å². The highest BCUT2D eigenvalue weighted by Gasteiger charge is 2.12. The smallest absolute Gasteiger partial charge is 0.273 e. The second-order valence-electron chi connectivity index (χ2n) is 6.60. The number of nitro groups is 1. The third-order valence-electron chi connectivity index (χ3n) is 4.73. The zero-order valence-electron chi connectivity index (χ0n) is 16.7. The number of methoxy groups -OCH3 is 2. The molecule has 4 rings (SSSR count). The van der Waals surface area contributed by atoms with Crippen LogP contribution >= 0.6 is 0 Å². The molecule has 0 aliphatic heterocycles. The molecule has 0 unspecified atom stereocenters. The van der Waals surface area contributed by atoms with Crippen LogP contribution < -0.4 is 14.8 Å². The number of hydrogen-bond donors (Lipinski definition) is 1. The first-order valence-electron chi connectivity index (χ1n) is 9.27. The van der Waals surface area contributed by atoms with E-state index in [9.17, 15) is 15.2 Å². The van der Waals surface area contributed by atoms with E-state index in [-0.39, 0.29) is 17.1 Å². The van der Waals surface area contributed by atoms with Gasteiger partial charge in [-0.15, -0.1) is 0 Å². The minimum Gasteiger partial charge on any atom is -0.505 e. The van der Waals surface area contributed by atoms with Crippen LogP contribution in [0.2, 0.25) is 0 Å². The summed E-state index contributed by atoms with van der Waals surface area (Å²) in [7, 11) is 3.11. The van der Waals surface area contributed by atoms with Crippen molar-refractivity contribution in [2.45, 2.75) is 0 Å². The summed E-state index contributed by atoms with van der Waals surface area (Å²) in [5, 5.41) is 22.4. The van der Waals surface area contributed by atoms with Gasteiger partial charge in [-0.05, 0) is 36.4 Å². The quantitative estimate of drug-likeness (QED) is 0.362. The second kappa shape index (κ2) is 8.19. The van der Waals surface area contributed by atoms with Gasteiger partial charge in [0.2, 0.25) is 0 Å². The molecule has 0 aliphatic rings. The summed E-state index contributed by atoms with van der Waals surface area (Å²) in [4.78, 5) is 14.9. The van der Waals surface area contributed by atoms with E-state index in [4.69, 9.17) is 13.9 Å². The highest BCUT2D eigenvalue weighted by atomic mass is 16.6. The number of nitrogens with zero attached hydrogens (tertiary/aromatic N) is 2. The third kappa shape index (κ3) is 3.91. The lowest BCUT2D eigenvalue weighted by molar-refractivity contribution is -0.384. The van der Waals surface area contributed by atoms with Crippen molar-refractivity contribution in [3.63, 3.8) is 0 Å². The maximum absolute atomic E-state index is 10.9. The summed E-state index contributed by atoms with van der Waals surface area (Å²) in [5.74, 6) is 1.38. The van der Waals surface area contributed by atoms with Crippen molar-refractivity contribution in [3.05, 3.63) is 82.2 Å². The number of nitro benzene ring substituents is 1. The molecule has 8 heteroatoms. The molecule has 0 spiro atoms. The minimum absolute atomic E-state index is 0.209. The highest BCUT2D eigenvalue weighted by Crippen LogP contribution is 2.33. The van der Waals surface area contributed by atoms with Gasteiger partial charge in [0.15, 0.2) is 11.5 Å². The Morgan fingerprint density at radius 2 is 1.74 bits per heavy atom. The summed E-state index contributed by atoms with van der Waals surface area (Å²) >= 11 is 0. The molecule has 4 aromatic rings. The maximum atomic E-state index is 10.9. The molecule has 3 aromatic carbocycles. The molecule has 8 nitrogen and oxygen atoms in total. The SMILES string of the molecule is COc1ccc(-c2cc(=Nc3ccc([N+](=O)[O-])cc3O)c3ccccc3o2)cc1OC. The van der Waals surface area contributed by atoms with Crippen molar-refractivity contribution >= 4 is 22.3 Å². The minimum atomic E-state index is -0.574. The first-order chi connectivity index (χ1) is 15.0. The van der Waals surface area contributed by atoms with E-state index in [1.165, 1.54) is 12.1 Å². The number of hydrogen-bond acceptors (Lipinski definition) is 7. The Morgan fingerprint density at radius 3 is 2.45 bits per heavy atom. The third-order valence-corrected chi connectivity index (χ3v) is 4.73. The van der Waals surface area contributed by atoms with Gasteiger partial charge in [0, 0.05) is 23.1 Å². The van der Waals surface area contributed by atoms with Crippen molar-refractivity contribution in [1.29, 1.82) is 0 Å². The first kappa shape index (κ1) is 20.0. The lowest BCUT2D eigenvalue weighted by atomic mass is 10.1. The zero-order chi connectivity index (χ0) is 22.0. The van der Waals surface area contributed by atoms with Crippen LogP contribution in [0.25, 0.3) is 22.3 Å². The Kier molecular flexibility index (Phi) is 5.28. The van der Waals surface area contributed by atoms with Crippen LogP contribution in [0.4, 0.5) is 11.4 Å². The number of aromatic hydroxyl groups is 1. The normalized spacial score (nSPS) is 11.5. The molecule has 0 bridgehead atoms. The van der Waals surface area contributed by atoms with Crippen LogP contribution in [-0.2, 0) is 0 Å². The molecule has 1 N–H and O–H groups in total. The van der Waals surface area contributed by atoms with Crippen molar-refractivity contribution in [2.24, 2.45) is 4.99 Å². The molecule has 1 aromatic heterocycles. The van der Waals surface area contributed by atoms with Gasteiger partial charge in [0.05, 0.1) is 30.6 Å². The van der Waals surface area contributed by atoms with Crippen LogP contribution in [-0.4, -0.2) is 24.2 Å². The molecule has 0 saturated carbocycles. The Hall–Kier alpha value is -4.33. The summed E-state index contributed by atoms with van der Waals surface area (Å²) in [6.07, 6.45) is 0. The van der Waals surface area contributed by atoms with Gasteiger partial charge in [-0.1, -0.05) is 12.1 Å². The van der Waals surface area contributed by atoms with Crippen LogP contribution in [0.1, 0.15) is 0 Å². The highest BCUT2D eigenvalue weighted by molar-refractivity contribution is 5.79. The second-order valence-corrected chi connectivity index (χ2v) is 6.60. The summed E-state index contributed by atoms with van der Waals surface area (Å²) in [6, 6.07) is 18.3. The maximum Gasteiger partial charge on any atom is 0.273 e. The number of phenols is 1. The van der Waals surface area contributed by atoms with E-state index in [1.807, 2.05) is 30.3 Å². The van der Waals surface area contributed by atoms with E-state index in [2.05, 4.69) is 4.99 Å². The van der Waals surface area contributed by atoms with E-state index >= 15 is 0 Å². The number of fused-ring (bicyclic) bond motifs is 1. The van der Waals surface area contributed by atoms with Gasteiger partial charge < -0.3 is 19.0 Å². The predicted molar refractivity (Wildman–Crippen MR) is 115 cm³/mol. The van der Waals surface area contributed by atoms with Gasteiger partial charge >= 0.3 is 0 Å². The molecule has 0 saturated heterocycles. The van der Waals surface area contributed by atoms with E-state index in [1.54, 1.807) is 32.4 Å². The number of benzene rings is 3. The number of phenolic OH excluding ortho intramolecular Hbond substituents is 1. The monoisotopic (exact) mass is 418 g/mol. The molecule has 0 amide bonds. The fraction of sp³-hybridized carbons (Fsp3) is 0.0870.